The number of carbonyl (C=O) groups excluding carboxylic acids is 2. The first-order valence-electron chi connectivity index (χ1n) is 14.0. The Labute approximate surface area is 226 Å². The van der Waals surface area contributed by atoms with E-state index in [-0.39, 0.29) is 29.8 Å². The summed E-state index contributed by atoms with van der Waals surface area (Å²) < 4.78 is 0. The molecule has 5 rings (SSSR count). The standard InChI is InChI=1S/C30H40N6O2/c1-20(2)32-29(37)23-9-11-25(12-10-23)36-26-18-27(35-15-13-34(4)14-16-35)31-19-24(26)17-28(36)33-30(38)22-7-5-21(3)6-8-22/h5-8,18-20,23,25H,9-17H2,1-4H3,(H,32,37). The maximum Gasteiger partial charge on any atom is 0.278 e. The Hall–Kier alpha value is -3.26. The molecule has 0 radical (unpaired) electrons. The molecule has 2 aliphatic heterocycles. The highest BCUT2D eigenvalue weighted by molar-refractivity contribution is 6.13. The van der Waals surface area contributed by atoms with Crippen molar-refractivity contribution in [3.05, 3.63) is 53.2 Å². The van der Waals surface area contributed by atoms with E-state index < -0.39 is 0 Å². The number of piperazine rings is 1. The number of rotatable bonds is 5. The summed E-state index contributed by atoms with van der Waals surface area (Å²) in [5.41, 5.74) is 3.94. The molecule has 2 aromatic rings. The van der Waals surface area contributed by atoms with E-state index >= 15 is 0 Å². The number of amides is 2. The number of carbonyl (C=O) groups is 2. The normalized spacial score (nSPS) is 23.1. The van der Waals surface area contributed by atoms with Gasteiger partial charge in [-0.15, -0.1) is 0 Å². The van der Waals surface area contributed by atoms with Gasteiger partial charge >= 0.3 is 0 Å². The third-order valence-corrected chi connectivity index (χ3v) is 8.05. The molecular formula is C30H40N6O2. The van der Waals surface area contributed by atoms with Crippen molar-refractivity contribution in [2.75, 3.05) is 43.0 Å². The Morgan fingerprint density at radius 1 is 1.03 bits per heavy atom. The van der Waals surface area contributed by atoms with E-state index in [9.17, 15) is 9.59 Å². The maximum absolute atomic E-state index is 13.2. The monoisotopic (exact) mass is 516 g/mol. The molecule has 8 nitrogen and oxygen atoms in total. The van der Waals surface area contributed by atoms with Crippen molar-refractivity contribution < 1.29 is 9.59 Å². The van der Waals surface area contributed by atoms with Crippen LogP contribution in [0.15, 0.2) is 41.5 Å². The van der Waals surface area contributed by atoms with Crippen molar-refractivity contribution in [2.45, 2.75) is 65.0 Å². The fourth-order valence-corrected chi connectivity index (χ4v) is 5.80. The SMILES string of the molecule is Cc1ccc(C(=O)N=C2Cc3cnc(N4CCN(C)CC4)cc3N2C2CCC(C(=O)NC(C)C)CC2)cc1. The van der Waals surface area contributed by atoms with E-state index in [2.05, 4.69) is 38.1 Å². The van der Waals surface area contributed by atoms with Crippen molar-refractivity contribution in [2.24, 2.45) is 10.9 Å². The van der Waals surface area contributed by atoms with Crippen molar-refractivity contribution in [3.63, 3.8) is 0 Å². The predicted molar refractivity (Wildman–Crippen MR) is 152 cm³/mol. The third-order valence-electron chi connectivity index (χ3n) is 8.05. The van der Waals surface area contributed by atoms with Crippen LogP contribution in [0.1, 0.15) is 61.0 Å². The number of benzene rings is 1. The van der Waals surface area contributed by atoms with E-state index in [0.717, 1.165) is 80.3 Å². The molecular weight excluding hydrogens is 476 g/mol. The summed E-state index contributed by atoms with van der Waals surface area (Å²) in [4.78, 5) is 42.3. The van der Waals surface area contributed by atoms with E-state index in [4.69, 9.17) is 4.98 Å². The molecule has 2 fully saturated rings. The Morgan fingerprint density at radius 3 is 2.37 bits per heavy atom. The number of likely N-dealkylation sites (N-methyl/N-ethyl adjacent to an activating group) is 1. The van der Waals surface area contributed by atoms with Gasteiger partial charge in [0.2, 0.25) is 5.91 Å². The average molecular weight is 517 g/mol. The number of pyridine rings is 1. The fourth-order valence-electron chi connectivity index (χ4n) is 5.80. The molecule has 1 aromatic heterocycles. The fraction of sp³-hybridized carbons (Fsp3) is 0.533. The second-order valence-corrected chi connectivity index (χ2v) is 11.4. The molecule has 2 amide bonds. The van der Waals surface area contributed by atoms with Crippen LogP contribution in [-0.4, -0.2) is 72.8 Å². The van der Waals surface area contributed by atoms with Crippen LogP contribution < -0.4 is 15.1 Å². The number of aryl methyl sites for hydroxylation is 1. The first-order chi connectivity index (χ1) is 18.3. The van der Waals surface area contributed by atoms with Crippen molar-refractivity contribution in [1.29, 1.82) is 0 Å². The number of aliphatic imine (C=N–C) groups is 1. The lowest BCUT2D eigenvalue weighted by atomic mass is 9.84. The topological polar surface area (TPSA) is 81.1 Å². The molecule has 202 valence electrons. The lowest BCUT2D eigenvalue weighted by molar-refractivity contribution is -0.126. The van der Waals surface area contributed by atoms with Crippen LogP contribution in [-0.2, 0) is 11.2 Å². The number of fused-ring (bicyclic) bond motifs is 1. The summed E-state index contributed by atoms with van der Waals surface area (Å²) in [5.74, 6) is 1.76. The molecule has 1 saturated heterocycles. The van der Waals surface area contributed by atoms with Crippen molar-refractivity contribution in [3.8, 4) is 0 Å². The van der Waals surface area contributed by atoms with Crippen LogP contribution in [0.4, 0.5) is 11.5 Å². The smallest absolute Gasteiger partial charge is 0.278 e. The van der Waals surface area contributed by atoms with Gasteiger partial charge in [-0.05, 0) is 65.6 Å². The van der Waals surface area contributed by atoms with Gasteiger partial charge in [-0.2, -0.15) is 4.99 Å². The number of hydrogen-bond donors (Lipinski definition) is 1. The minimum Gasteiger partial charge on any atom is -0.354 e. The molecule has 1 N–H and O–H groups in total. The highest BCUT2D eigenvalue weighted by Gasteiger charge is 2.37. The molecule has 0 bridgehead atoms. The molecule has 0 spiro atoms. The minimum atomic E-state index is -0.213. The molecule has 8 heteroatoms. The zero-order valence-corrected chi connectivity index (χ0v) is 23.1. The van der Waals surface area contributed by atoms with Crippen molar-refractivity contribution in [1.82, 2.24) is 15.2 Å². The largest absolute Gasteiger partial charge is 0.354 e. The van der Waals surface area contributed by atoms with Crippen molar-refractivity contribution >= 4 is 29.2 Å². The van der Waals surface area contributed by atoms with Gasteiger partial charge in [0.05, 0.1) is 5.69 Å². The number of amidine groups is 1. The van der Waals surface area contributed by atoms with E-state index in [0.29, 0.717) is 12.0 Å². The highest BCUT2D eigenvalue weighted by atomic mass is 16.2. The number of anilines is 2. The Bertz CT molecular complexity index is 1190. The van der Waals surface area contributed by atoms with Gasteiger partial charge in [0.25, 0.3) is 5.91 Å². The van der Waals surface area contributed by atoms with E-state index in [1.54, 1.807) is 0 Å². The van der Waals surface area contributed by atoms with Crippen LogP contribution in [0.25, 0.3) is 0 Å². The van der Waals surface area contributed by atoms with Crippen LogP contribution in [0.5, 0.6) is 0 Å². The summed E-state index contributed by atoms with van der Waals surface area (Å²) in [6.07, 6.45) is 6.02. The Balaban J connectivity index is 1.42. The van der Waals surface area contributed by atoms with Gasteiger partial charge in [-0.25, -0.2) is 4.98 Å². The van der Waals surface area contributed by atoms with Gasteiger partial charge in [0.1, 0.15) is 11.7 Å². The lowest BCUT2D eigenvalue weighted by Gasteiger charge is -2.37. The molecule has 1 aromatic carbocycles. The third kappa shape index (κ3) is 5.75. The van der Waals surface area contributed by atoms with E-state index in [1.807, 2.05) is 51.2 Å². The Morgan fingerprint density at radius 2 is 1.71 bits per heavy atom. The summed E-state index contributed by atoms with van der Waals surface area (Å²) in [6.45, 7) is 9.95. The average Bonchev–Trinajstić information content (AvgIpc) is 3.26. The molecule has 38 heavy (non-hydrogen) atoms. The van der Waals surface area contributed by atoms with Crippen LogP contribution in [0.3, 0.4) is 0 Å². The lowest BCUT2D eigenvalue weighted by Crippen LogP contribution is -2.45. The second-order valence-electron chi connectivity index (χ2n) is 11.4. The van der Waals surface area contributed by atoms with Gasteiger partial charge in [0, 0.05) is 74.0 Å². The first-order valence-corrected chi connectivity index (χ1v) is 14.0. The maximum atomic E-state index is 13.2. The van der Waals surface area contributed by atoms with Gasteiger partial charge in [-0.1, -0.05) is 17.7 Å². The van der Waals surface area contributed by atoms with Gasteiger partial charge < -0.3 is 20.0 Å². The van der Waals surface area contributed by atoms with E-state index in [1.165, 1.54) is 0 Å². The number of aromatic nitrogens is 1. The number of nitrogens with one attached hydrogen (secondary N) is 1. The minimum absolute atomic E-state index is 0.0450. The quantitative estimate of drug-likeness (QED) is 0.651. The van der Waals surface area contributed by atoms with Crippen LogP contribution in [0.2, 0.25) is 0 Å². The molecule has 3 heterocycles. The van der Waals surface area contributed by atoms with Gasteiger partial charge in [0.15, 0.2) is 0 Å². The predicted octanol–water partition coefficient (Wildman–Crippen LogP) is 3.83. The highest BCUT2D eigenvalue weighted by Crippen LogP contribution is 2.38. The summed E-state index contributed by atoms with van der Waals surface area (Å²) in [6, 6.07) is 10.1. The van der Waals surface area contributed by atoms with Crippen LogP contribution in [0, 0.1) is 12.8 Å². The zero-order chi connectivity index (χ0) is 26.8. The molecule has 0 unspecified atom stereocenters. The zero-order valence-electron chi connectivity index (χ0n) is 23.1. The molecule has 3 aliphatic rings. The summed E-state index contributed by atoms with van der Waals surface area (Å²) in [5, 5.41) is 3.08. The van der Waals surface area contributed by atoms with Gasteiger partial charge in [-0.3, -0.25) is 9.59 Å². The Kier molecular flexibility index (Phi) is 7.79. The number of nitrogens with zero attached hydrogens (tertiary/aromatic N) is 5. The number of hydrogen-bond acceptors (Lipinski definition) is 5. The first kappa shape index (κ1) is 26.4. The summed E-state index contributed by atoms with van der Waals surface area (Å²) >= 11 is 0. The molecule has 1 saturated carbocycles. The molecule has 0 atom stereocenters. The molecule has 1 aliphatic carbocycles. The van der Waals surface area contributed by atoms with Crippen LogP contribution >= 0.6 is 0 Å². The second kappa shape index (κ2) is 11.2. The summed E-state index contributed by atoms with van der Waals surface area (Å²) in [7, 11) is 2.15.